The third-order valence-electron chi connectivity index (χ3n) is 5.02. The second kappa shape index (κ2) is 10.8. The molecule has 1 aliphatic heterocycles. The highest BCUT2D eigenvalue weighted by atomic mass is 35.5. The molecule has 0 aliphatic carbocycles. The average molecular weight is 457 g/mol. The molecule has 0 spiro atoms. The number of carbonyl (C=O) groups excluding carboxylic acids is 1. The van der Waals surface area contributed by atoms with E-state index in [-0.39, 0.29) is 17.8 Å². The van der Waals surface area contributed by atoms with Gasteiger partial charge in [-0.2, -0.15) is 0 Å². The number of morpholine rings is 1. The molecule has 0 unspecified atom stereocenters. The molecule has 1 aromatic heterocycles. The Morgan fingerprint density at radius 1 is 1.23 bits per heavy atom. The first-order chi connectivity index (χ1) is 15.2. The van der Waals surface area contributed by atoms with Gasteiger partial charge in [-0.25, -0.2) is 4.98 Å². The minimum Gasteiger partial charge on any atom is -0.374 e. The molecule has 6 nitrogen and oxygen atoms in total. The number of ether oxygens (including phenoxy) is 1. The highest BCUT2D eigenvalue weighted by Gasteiger charge is 2.21. The van der Waals surface area contributed by atoms with Crippen molar-refractivity contribution in [1.29, 1.82) is 0 Å². The highest BCUT2D eigenvalue weighted by molar-refractivity contribution is 7.99. The molecule has 1 aliphatic rings. The number of amides is 1. The second-order valence-corrected chi connectivity index (χ2v) is 8.74. The van der Waals surface area contributed by atoms with Crippen LogP contribution >= 0.6 is 23.4 Å². The van der Waals surface area contributed by atoms with Crippen LogP contribution in [0.15, 0.2) is 72.1 Å². The van der Waals surface area contributed by atoms with Gasteiger partial charge in [0.2, 0.25) is 5.91 Å². The van der Waals surface area contributed by atoms with Crippen LogP contribution in [0.25, 0.3) is 5.69 Å². The van der Waals surface area contributed by atoms with Gasteiger partial charge in [0.15, 0.2) is 5.16 Å². The van der Waals surface area contributed by atoms with Crippen LogP contribution in [0.1, 0.15) is 5.56 Å². The summed E-state index contributed by atoms with van der Waals surface area (Å²) in [6.45, 7) is 3.80. The van der Waals surface area contributed by atoms with E-state index in [1.54, 1.807) is 6.20 Å². The van der Waals surface area contributed by atoms with Crippen LogP contribution in [0.4, 0.5) is 0 Å². The summed E-state index contributed by atoms with van der Waals surface area (Å²) < 4.78 is 7.77. The molecule has 1 amide bonds. The van der Waals surface area contributed by atoms with Gasteiger partial charge in [-0.05, 0) is 23.8 Å². The van der Waals surface area contributed by atoms with Crippen LogP contribution in [0, 0.1) is 0 Å². The molecule has 162 valence electrons. The van der Waals surface area contributed by atoms with Crippen molar-refractivity contribution in [3.63, 3.8) is 0 Å². The summed E-state index contributed by atoms with van der Waals surface area (Å²) in [5, 5.41) is 4.41. The molecule has 1 fully saturated rings. The lowest BCUT2D eigenvalue weighted by Gasteiger charge is -2.33. The largest absolute Gasteiger partial charge is 0.374 e. The van der Waals surface area contributed by atoms with E-state index in [4.69, 9.17) is 16.3 Å². The number of thioether (sulfide) groups is 1. The summed E-state index contributed by atoms with van der Waals surface area (Å²) in [6.07, 6.45) is 3.58. The Labute approximate surface area is 191 Å². The van der Waals surface area contributed by atoms with E-state index in [0.29, 0.717) is 18.2 Å². The first-order valence-corrected chi connectivity index (χ1v) is 11.6. The fourth-order valence-corrected chi connectivity index (χ4v) is 4.50. The molecule has 2 aromatic carbocycles. The number of halogens is 1. The standard InChI is InChI=1S/C23H25ClN4O2S/c24-19-7-4-8-20(13-19)28-10-9-25-23(28)31-17-22(29)26-14-21-16-27(11-12-30-21)15-18-5-2-1-3-6-18/h1-10,13,21H,11-12,14-17H2,(H,26,29)/t21-/m0/s1. The normalized spacial score (nSPS) is 16.9. The molecule has 31 heavy (non-hydrogen) atoms. The molecule has 1 atom stereocenters. The van der Waals surface area contributed by atoms with Crippen molar-refractivity contribution < 1.29 is 9.53 Å². The van der Waals surface area contributed by atoms with Crippen molar-refractivity contribution in [3.8, 4) is 5.69 Å². The van der Waals surface area contributed by atoms with E-state index in [1.165, 1.54) is 17.3 Å². The van der Waals surface area contributed by atoms with E-state index in [1.807, 2.05) is 41.1 Å². The fraction of sp³-hybridized carbons (Fsp3) is 0.304. The number of carbonyl (C=O) groups is 1. The van der Waals surface area contributed by atoms with Gasteiger partial charge in [-0.1, -0.05) is 59.8 Å². The smallest absolute Gasteiger partial charge is 0.230 e. The van der Waals surface area contributed by atoms with Crippen molar-refractivity contribution in [2.24, 2.45) is 0 Å². The zero-order valence-electron chi connectivity index (χ0n) is 17.1. The lowest BCUT2D eigenvalue weighted by atomic mass is 10.2. The van der Waals surface area contributed by atoms with Gasteiger partial charge in [0.05, 0.1) is 18.5 Å². The number of imidazole rings is 1. The molecule has 1 N–H and O–H groups in total. The lowest BCUT2D eigenvalue weighted by molar-refractivity contribution is -0.119. The maximum absolute atomic E-state index is 12.4. The number of benzene rings is 2. The molecule has 4 rings (SSSR count). The van der Waals surface area contributed by atoms with Crippen LogP contribution in [0.3, 0.4) is 0 Å². The van der Waals surface area contributed by atoms with E-state index in [0.717, 1.165) is 30.5 Å². The number of nitrogens with one attached hydrogen (secondary N) is 1. The van der Waals surface area contributed by atoms with E-state index in [9.17, 15) is 4.79 Å². The van der Waals surface area contributed by atoms with Gasteiger partial charge in [0.1, 0.15) is 0 Å². The summed E-state index contributed by atoms with van der Waals surface area (Å²) >= 11 is 7.49. The van der Waals surface area contributed by atoms with Gasteiger partial charge < -0.3 is 10.1 Å². The van der Waals surface area contributed by atoms with Crippen LogP contribution < -0.4 is 5.32 Å². The molecule has 2 heterocycles. The van der Waals surface area contributed by atoms with Crippen molar-refractivity contribution in [3.05, 3.63) is 77.6 Å². The Morgan fingerprint density at radius 3 is 2.94 bits per heavy atom. The Balaban J connectivity index is 1.23. The third kappa shape index (κ3) is 6.33. The molecule has 1 saturated heterocycles. The first kappa shape index (κ1) is 21.9. The van der Waals surface area contributed by atoms with Crippen LogP contribution in [-0.2, 0) is 16.1 Å². The molecule has 0 radical (unpaired) electrons. The van der Waals surface area contributed by atoms with Crippen molar-refractivity contribution >= 4 is 29.3 Å². The van der Waals surface area contributed by atoms with E-state index in [2.05, 4.69) is 39.5 Å². The van der Waals surface area contributed by atoms with Gasteiger partial charge in [0, 0.05) is 49.3 Å². The summed E-state index contributed by atoms with van der Waals surface area (Å²) in [5.74, 6) is 0.257. The van der Waals surface area contributed by atoms with Crippen molar-refractivity contribution in [2.45, 2.75) is 17.8 Å². The molecule has 3 aromatic rings. The molecular formula is C23H25ClN4O2S. The van der Waals surface area contributed by atoms with Crippen molar-refractivity contribution in [1.82, 2.24) is 19.8 Å². The first-order valence-electron chi connectivity index (χ1n) is 10.2. The quantitative estimate of drug-likeness (QED) is 0.524. The van der Waals surface area contributed by atoms with Gasteiger partial charge in [0.25, 0.3) is 0 Å². The molecule has 0 saturated carbocycles. The summed E-state index contributed by atoms with van der Waals surface area (Å²) in [4.78, 5) is 19.1. The Hall–Kier alpha value is -2.32. The molecule has 8 heteroatoms. The average Bonchev–Trinajstić information content (AvgIpc) is 3.26. The number of hydrogen-bond acceptors (Lipinski definition) is 5. The van der Waals surface area contributed by atoms with E-state index >= 15 is 0 Å². The minimum atomic E-state index is -0.0329. The Morgan fingerprint density at radius 2 is 2.10 bits per heavy atom. The predicted molar refractivity (Wildman–Crippen MR) is 124 cm³/mol. The zero-order valence-corrected chi connectivity index (χ0v) is 18.7. The second-order valence-electron chi connectivity index (χ2n) is 7.37. The van der Waals surface area contributed by atoms with Gasteiger partial charge >= 0.3 is 0 Å². The number of nitrogens with zero attached hydrogens (tertiary/aromatic N) is 3. The van der Waals surface area contributed by atoms with Crippen molar-refractivity contribution in [2.75, 3.05) is 32.0 Å². The van der Waals surface area contributed by atoms with Gasteiger partial charge in [-0.15, -0.1) is 0 Å². The summed E-state index contributed by atoms with van der Waals surface area (Å²) in [5.41, 5.74) is 2.21. The zero-order chi connectivity index (χ0) is 21.5. The summed E-state index contributed by atoms with van der Waals surface area (Å²) in [6, 6.07) is 18.0. The predicted octanol–water partition coefficient (Wildman–Crippen LogP) is 3.64. The monoisotopic (exact) mass is 456 g/mol. The molecule has 0 bridgehead atoms. The topological polar surface area (TPSA) is 59.4 Å². The number of aromatic nitrogens is 2. The van der Waals surface area contributed by atoms with Crippen LogP contribution in [0.2, 0.25) is 5.02 Å². The van der Waals surface area contributed by atoms with Gasteiger partial charge in [-0.3, -0.25) is 14.3 Å². The Kier molecular flexibility index (Phi) is 7.64. The summed E-state index contributed by atoms with van der Waals surface area (Å²) in [7, 11) is 0. The van der Waals surface area contributed by atoms with Crippen LogP contribution in [-0.4, -0.2) is 58.5 Å². The fourth-order valence-electron chi connectivity index (χ4n) is 3.52. The maximum Gasteiger partial charge on any atom is 0.230 e. The number of rotatable bonds is 8. The lowest BCUT2D eigenvalue weighted by Crippen LogP contribution is -2.47. The third-order valence-corrected chi connectivity index (χ3v) is 6.23. The number of hydrogen-bond donors (Lipinski definition) is 1. The SMILES string of the molecule is O=C(CSc1nccn1-c1cccc(Cl)c1)NC[C@H]1CN(Cc2ccccc2)CCO1. The highest BCUT2D eigenvalue weighted by Crippen LogP contribution is 2.22. The van der Waals surface area contributed by atoms with Crippen LogP contribution in [0.5, 0.6) is 0 Å². The Bertz CT molecular complexity index is 998. The molecular weight excluding hydrogens is 432 g/mol. The maximum atomic E-state index is 12.4. The van der Waals surface area contributed by atoms with E-state index < -0.39 is 0 Å². The minimum absolute atomic E-state index is 0.000130.